The summed E-state index contributed by atoms with van der Waals surface area (Å²) in [4.78, 5) is 30.4. The number of nitrogens with zero attached hydrogens (tertiary/aromatic N) is 1. The van der Waals surface area contributed by atoms with Gasteiger partial charge in [-0.3, -0.25) is 9.59 Å². The summed E-state index contributed by atoms with van der Waals surface area (Å²) >= 11 is 2.97. The molecule has 0 spiro atoms. The number of carbonyl (C=O) groups excluding carboxylic acids is 2. The van der Waals surface area contributed by atoms with Gasteiger partial charge in [0, 0.05) is 12.1 Å². The third-order valence-corrected chi connectivity index (χ3v) is 8.55. The van der Waals surface area contributed by atoms with Crippen molar-refractivity contribution in [2.24, 2.45) is 0 Å². The number of fused-ring (bicyclic) bond motifs is 1. The zero-order valence-corrected chi connectivity index (χ0v) is 23.2. The van der Waals surface area contributed by atoms with Gasteiger partial charge in [-0.1, -0.05) is 103 Å². The maximum absolute atomic E-state index is 13.3. The van der Waals surface area contributed by atoms with Crippen molar-refractivity contribution in [1.82, 2.24) is 10.3 Å². The van der Waals surface area contributed by atoms with Crippen molar-refractivity contribution in [3.63, 3.8) is 0 Å². The highest BCUT2D eigenvalue weighted by molar-refractivity contribution is 8.02. The number of thiazole rings is 1. The molecule has 1 aromatic heterocycles. The highest BCUT2D eigenvalue weighted by Crippen LogP contribution is 2.34. The molecular weight excluding hydrogens is 523 g/mol. The second-order valence-corrected chi connectivity index (χ2v) is 11.8. The Morgan fingerprint density at radius 3 is 2.10 bits per heavy atom. The van der Waals surface area contributed by atoms with E-state index in [9.17, 15) is 9.59 Å². The maximum Gasteiger partial charge on any atom is 0.234 e. The molecule has 2 amide bonds. The van der Waals surface area contributed by atoms with Crippen LogP contribution in [0.2, 0.25) is 0 Å². The minimum absolute atomic E-state index is 0.0194. The Balaban J connectivity index is 1.22. The van der Waals surface area contributed by atoms with E-state index < -0.39 is 0 Å². The van der Waals surface area contributed by atoms with E-state index in [0.29, 0.717) is 12.8 Å². The average Bonchev–Trinajstić information content (AvgIpc) is 3.37. The Kier molecular flexibility index (Phi) is 8.71. The Bertz CT molecular complexity index is 1500. The highest BCUT2D eigenvalue weighted by atomic mass is 32.2. The van der Waals surface area contributed by atoms with Crippen LogP contribution in [0.15, 0.2) is 114 Å². The SMILES string of the molecule is CC(Sc1nc2ccc(NC(=O)CCc3ccccc3)cc2s1)C(=O)NC(c1ccccc1)c1ccccc1. The normalized spacial score (nSPS) is 11.8. The molecule has 39 heavy (non-hydrogen) atoms. The van der Waals surface area contributed by atoms with Crippen molar-refractivity contribution in [3.8, 4) is 0 Å². The van der Waals surface area contributed by atoms with Gasteiger partial charge in [0.15, 0.2) is 4.34 Å². The third kappa shape index (κ3) is 7.13. The molecule has 0 bridgehead atoms. The largest absolute Gasteiger partial charge is 0.344 e. The molecule has 0 radical (unpaired) electrons. The second-order valence-electron chi connectivity index (χ2n) is 9.22. The minimum Gasteiger partial charge on any atom is -0.344 e. The quantitative estimate of drug-likeness (QED) is 0.179. The summed E-state index contributed by atoms with van der Waals surface area (Å²) in [7, 11) is 0. The van der Waals surface area contributed by atoms with Gasteiger partial charge < -0.3 is 10.6 Å². The van der Waals surface area contributed by atoms with Crippen LogP contribution >= 0.6 is 23.1 Å². The van der Waals surface area contributed by atoms with Crippen LogP contribution in [0.3, 0.4) is 0 Å². The lowest BCUT2D eigenvalue weighted by atomic mass is 9.98. The minimum atomic E-state index is -0.336. The zero-order valence-electron chi connectivity index (χ0n) is 21.5. The average molecular weight is 552 g/mol. The molecule has 5 rings (SSSR count). The van der Waals surface area contributed by atoms with Crippen LogP contribution in [0.25, 0.3) is 10.2 Å². The molecule has 4 aromatic carbocycles. The molecule has 196 valence electrons. The zero-order chi connectivity index (χ0) is 27.0. The summed E-state index contributed by atoms with van der Waals surface area (Å²) in [6.45, 7) is 1.90. The van der Waals surface area contributed by atoms with Crippen LogP contribution in [-0.2, 0) is 16.0 Å². The first-order valence-electron chi connectivity index (χ1n) is 12.9. The molecule has 7 heteroatoms. The van der Waals surface area contributed by atoms with E-state index in [4.69, 9.17) is 4.98 Å². The van der Waals surface area contributed by atoms with Crippen LogP contribution in [0.5, 0.6) is 0 Å². The molecule has 0 aliphatic rings. The number of aryl methyl sites for hydroxylation is 1. The highest BCUT2D eigenvalue weighted by Gasteiger charge is 2.22. The van der Waals surface area contributed by atoms with E-state index in [0.717, 1.165) is 36.9 Å². The van der Waals surface area contributed by atoms with Crippen LogP contribution < -0.4 is 10.6 Å². The fourth-order valence-corrected chi connectivity index (χ4v) is 6.53. The fourth-order valence-electron chi connectivity index (χ4n) is 4.27. The van der Waals surface area contributed by atoms with E-state index in [2.05, 4.69) is 10.6 Å². The number of rotatable bonds is 10. The Labute approximate surface area is 236 Å². The van der Waals surface area contributed by atoms with Crippen molar-refractivity contribution in [3.05, 3.63) is 126 Å². The van der Waals surface area contributed by atoms with Gasteiger partial charge in [0.25, 0.3) is 0 Å². The van der Waals surface area contributed by atoms with E-state index in [-0.39, 0.29) is 23.1 Å². The van der Waals surface area contributed by atoms with Crippen LogP contribution in [0.4, 0.5) is 5.69 Å². The van der Waals surface area contributed by atoms with Crippen molar-refractivity contribution in [1.29, 1.82) is 0 Å². The fraction of sp³-hybridized carbons (Fsp3) is 0.156. The number of hydrogen-bond donors (Lipinski definition) is 2. The molecule has 1 heterocycles. The molecular formula is C32H29N3O2S2. The predicted molar refractivity (Wildman–Crippen MR) is 161 cm³/mol. The number of thioether (sulfide) groups is 1. The van der Waals surface area contributed by atoms with E-state index in [1.165, 1.54) is 23.1 Å². The Hall–Kier alpha value is -3.94. The van der Waals surface area contributed by atoms with Gasteiger partial charge in [0.2, 0.25) is 11.8 Å². The van der Waals surface area contributed by atoms with Crippen molar-refractivity contribution >= 4 is 50.8 Å². The van der Waals surface area contributed by atoms with Gasteiger partial charge in [-0.25, -0.2) is 4.98 Å². The molecule has 1 unspecified atom stereocenters. The number of aromatic nitrogens is 1. The van der Waals surface area contributed by atoms with Gasteiger partial charge in [-0.15, -0.1) is 11.3 Å². The lowest BCUT2D eigenvalue weighted by Gasteiger charge is -2.21. The second kappa shape index (κ2) is 12.7. The number of anilines is 1. The standard InChI is InChI=1S/C32H29N3O2S2/c1-22(31(37)35-30(24-13-7-3-8-14-24)25-15-9-4-10-16-25)38-32-34-27-19-18-26(21-28(27)39-32)33-29(36)20-17-23-11-5-2-6-12-23/h2-16,18-19,21-22,30H,17,20H2,1H3,(H,33,36)(H,35,37). The van der Waals surface area contributed by atoms with Crippen molar-refractivity contribution < 1.29 is 9.59 Å². The first kappa shape index (κ1) is 26.7. The van der Waals surface area contributed by atoms with Crippen LogP contribution in [0.1, 0.15) is 36.1 Å². The summed E-state index contributed by atoms with van der Waals surface area (Å²) in [5, 5.41) is 5.89. The number of amides is 2. The van der Waals surface area contributed by atoms with Crippen molar-refractivity contribution in [2.75, 3.05) is 5.32 Å². The monoisotopic (exact) mass is 551 g/mol. The summed E-state index contributed by atoms with van der Waals surface area (Å²) < 4.78 is 1.79. The molecule has 0 aliphatic carbocycles. The molecule has 2 N–H and O–H groups in total. The van der Waals surface area contributed by atoms with Gasteiger partial charge in [0.05, 0.1) is 21.5 Å². The summed E-state index contributed by atoms with van der Waals surface area (Å²) in [5.74, 6) is -0.0719. The number of carbonyl (C=O) groups is 2. The molecule has 1 atom stereocenters. The maximum atomic E-state index is 13.3. The number of benzene rings is 4. The molecule has 0 saturated carbocycles. The summed E-state index contributed by atoms with van der Waals surface area (Å²) in [5.41, 5.74) is 4.81. The first-order valence-corrected chi connectivity index (χ1v) is 14.6. The van der Waals surface area contributed by atoms with Crippen LogP contribution in [0, 0.1) is 0 Å². The Morgan fingerprint density at radius 1 is 0.846 bits per heavy atom. The lowest BCUT2D eigenvalue weighted by Crippen LogP contribution is -2.34. The van der Waals surface area contributed by atoms with E-state index >= 15 is 0 Å². The molecule has 5 aromatic rings. The van der Waals surface area contributed by atoms with Gasteiger partial charge in [-0.2, -0.15) is 0 Å². The van der Waals surface area contributed by atoms with E-state index in [1.54, 1.807) is 0 Å². The Morgan fingerprint density at radius 2 is 1.46 bits per heavy atom. The smallest absolute Gasteiger partial charge is 0.234 e. The molecule has 5 nitrogen and oxygen atoms in total. The number of hydrogen-bond acceptors (Lipinski definition) is 5. The third-order valence-electron chi connectivity index (χ3n) is 6.34. The van der Waals surface area contributed by atoms with Crippen LogP contribution in [-0.4, -0.2) is 22.0 Å². The van der Waals surface area contributed by atoms with Crippen molar-refractivity contribution in [2.45, 2.75) is 35.4 Å². The van der Waals surface area contributed by atoms with Gasteiger partial charge >= 0.3 is 0 Å². The topological polar surface area (TPSA) is 71.1 Å². The summed E-state index contributed by atoms with van der Waals surface area (Å²) in [6.07, 6.45) is 1.12. The molecule has 0 saturated heterocycles. The number of nitrogens with one attached hydrogen (secondary N) is 2. The van der Waals surface area contributed by atoms with Gasteiger partial charge in [-0.05, 0) is 48.2 Å². The molecule has 0 aliphatic heterocycles. The summed E-state index contributed by atoms with van der Waals surface area (Å²) in [6, 6.07) is 35.5. The lowest BCUT2D eigenvalue weighted by molar-refractivity contribution is -0.120. The van der Waals surface area contributed by atoms with Gasteiger partial charge in [0.1, 0.15) is 0 Å². The predicted octanol–water partition coefficient (Wildman–Crippen LogP) is 7.25. The first-order chi connectivity index (χ1) is 19.0. The molecule has 0 fully saturated rings. The van der Waals surface area contributed by atoms with E-state index in [1.807, 2.05) is 116 Å².